The first-order valence-corrected chi connectivity index (χ1v) is 14.1. The van der Waals surface area contributed by atoms with Crippen LogP contribution in [-0.4, -0.2) is 29.7 Å². The van der Waals surface area contributed by atoms with Gasteiger partial charge in [-0.15, -0.1) is 0 Å². The second-order valence-corrected chi connectivity index (χ2v) is 11.3. The highest BCUT2D eigenvalue weighted by molar-refractivity contribution is 5.80. The summed E-state index contributed by atoms with van der Waals surface area (Å²) in [7, 11) is 1.56. The Morgan fingerprint density at radius 3 is 2.65 bits per heavy atom. The first kappa shape index (κ1) is 27.8. The Labute approximate surface area is 235 Å². The average molecular weight is 545 g/mol. The third-order valence-corrected chi connectivity index (χ3v) is 7.91. The molecule has 0 spiro atoms. The highest BCUT2D eigenvalue weighted by Gasteiger charge is 2.34. The number of esters is 1. The topological polar surface area (TPSA) is 70.5 Å². The van der Waals surface area contributed by atoms with Gasteiger partial charge in [-0.2, -0.15) is 0 Å². The van der Waals surface area contributed by atoms with Crippen molar-refractivity contribution in [1.29, 1.82) is 0 Å². The summed E-state index contributed by atoms with van der Waals surface area (Å²) in [5.74, 6) is 1.36. The number of ether oxygens (including phenoxy) is 3. The Kier molecular flexibility index (Phi) is 8.19. The maximum absolute atomic E-state index is 15.0. The van der Waals surface area contributed by atoms with Gasteiger partial charge in [0.1, 0.15) is 23.9 Å². The number of carbonyl (C=O) groups is 1. The predicted molar refractivity (Wildman–Crippen MR) is 152 cm³/mol. The zero-order valence-corrected chi connectivity index (χ0v) is 23.7. The summed E-state index contributed by atoms with van der Waals surface area (Å²) in [6.07, 6.45) is 8.39. The molecule has 7 heteroatoms. The van der Waals surface area contributed by atoms with Crippen LogP contribution >= 0.6 is 0 Å². The minimum atomic E-state index is -0.374. The van der Waals surface area contributed by atoms with Crippen LogP contribution in [0.5, 0.6) is 11.5 Å². The lowest BCUT2D eigenvalue weighted by atomic mass is 9.83. The number of halogens is 1. The van der Waals surface area contributed by atoms with Gasteiger partial charge in [0, 0.05) is 5.56 Å². The molecule has 3 aromatic rings. The fraction of sp³-hybridized carbons (Fsp3) is 0.424. The zero-order valence-electron chi connectivity index (χ0n) is 23.7. The molecule has 1 fully saturated rings. The summed E-state index contributed by atoms with van der Waals surface area (Å²) < 4.78 is 31.8. The van der Waals surface area contributed by atoms with E-state index in [9.17, 15) is 4.79 Å². The normalized spacial score (nSPS) is 16.8. The molecule has 1 unspecified atom stereocenters. The summed E-state index contributed by atoms with van der Waals surface area (Å²) in [5, 5.41) is 0. The van der Waals surface area contributed by atoms with Gasteiger partial charge in [-0.25, -0.2) is 9.37 Å². The molecule has 5 rings (SSSR count). The van der Waals surface area contributed by atoms with E-state index in [1.54, 1.807) is 25.4 Å². The van der Waals surface area contributed by atoms with E-state index in [-0.39, 0.29) is 29.7 Å². The van der Waals surface area contributed by atoms with E-state index in [0.717, 1.165) is 36.8 Å². The molecule has 2 aromatic carbocycles. The summed E-state index contributed by atoms with van der Waals surface area (Å²) in [6.45, 7) is 6.79. The molecule has 0 saturated heterocycles. The second-order valence-electron chi connectivity index (χ2n) is 11.3. The van der Waals surface area contributed by atoms with Crippen molar-refractivity contribution in [2.45, 2.75) is 65.4 Å². The second kappa shape index (κ2) is 11.8. The molecule has 40 heavy (non-hydrogen) atoms. The molecule has 0 bridgehead atoms. The van der Waals surface area contributed by atoms with E-state index in [2.05, 4.69) is 26.0 Å². The largest absolute Gasteiger partial charge is 0.497 e. The van der Waals surface area contributed by atoms with Crippen molar-refractivity contribution in [3.8, 4) is 22.8 Å². The van der Waals surface area contributed by atoms with Crippen LogP contribution in [0, 0.1) is 17.2 Å². The van der Waals surface area contributed by atoms with Gasteiger partial charge in [-0.1, -0.05) is 32.1 Å². The minimum absolute atomic E-state index is 0.108. The molecular weight excluding hydrogens is 507 g/mol. The van der Waals surface area contributed by atoms with Crippen molar-refractivity contribution in [3.63, 3.8) is 0 Å². The lowest BCUT2D eigenvalue weighted by molar-refractivity contribution is -0.143. The van der Waals surface area contributed by atoms with Crippen molar-refractivity contribution in [1.82, 2.24) is 9.97 Å². The molecule has 1 heterocycles. The Morgan fingerprint density at radius 2 is 1.95 bits per heavy atom. The highest BCUT2D eigenvalue weighted by Crippen LogP contribution is 2.47. The lowest BCUT2D eigenvalue weighted by Crippen LogP contribution is -2.13. The van der Waals surface area contributed by atoms with Crippen LogP contribution < -0.4 is 9.47 Å². The first-order chi connectivity index (χ1) is 19.3. The molecule has 210 valence electrons. The molecule has 2 aliphatic carbocycles. The molecular formula is C33H37FN2O4. The number of hydrogen-bond donors (Lipinski definition) is 0. The Hall–Kier alpha value is -3.74. The fourth-order valence-corrected chi connectivity index (χ4v) is 5.55. The van der Waals surface area contributed by atoms with Crippen molar-refractivity contribution in [2.75, 3.05) is 13.7 Å². The van der Waals surface area contributed by atoms with Gasteiger partial charge < -0.3 is 14.2 Å². The third-order valence-electron chi connectivity index (χ3n) is 7.91. The van der Waals surface area contributed by atoms with E-state index in [1.807, 2.05) is 25.1 Å². The number of nitrogens with zero attached hydrogens (tertiary/aromatic N) is 2. The van der Waals surface area contributed by atoms with Gasteiger partial charge >= 0.3 is 5.97 Å². The zero-order chi connectivity index (χ0) is 28.3. The minimum Gasteiger partial charge on any atom is -0.497 e. The molecule has 1 saturated carbocycles. The maximum atomic E-state index is 15.0. The Morgan fingerprint density at radius 1 is 1.12 bits per heavy atom. The molecule has 2 aliphatic rings. The fourth-order valence-electron chi connectivity index (χ4n) is 5.55. The summed E-state index contributed by atoms with van der Waals surface area (Å²) in [5.41, 5.74) is 4.22. The predicted octanol–water partition coefficient (Wildman–Crippen LogP) is 7.52. The quantitative estimate of drug-likeness (QED) is 0.233. The van der Waals surface area contributed by atoms with Crippen LogP contribution in [0.3, 0.4) is 0 Å². The van der Waals surface area contributed by atoms with Crippen LogP contribution in [0.25, 0.3) is 16.8 Å². The van der Waals surface area contributed by atoms with E-state index in [4.69, 9.17) is 24.2 Å². The van der Waals surface area contributed by atoms with Gasteiger partial charge in [0.05, 0.1) is 43.4 Å². The first-order valence-electron chi connectivity index (χ1n) is 14.1. The number of methoxy groups -OCH3 is 1. The number of benzene rings is 2. The number of rotatable bonds is 11. The molecule has 0 aliphatic heterocycles. The smallest absolute Gasteiger partial charge is 0.306 e. The van der Waals surface area contributed by atoms with Gasteiger partial charge in [-0.3, -0.25) is 9.78 Å². The van der Waals surface area contributed by atoms with Crippen molar-refractivity contribution >= 4 is 11.5 Å². The molecule has 1 atom stereocenters. The van der Waals surface area contributed by atoms with Crippen molar-refractivity contribution in [3.05, 3.63) is 77.5 Å². The molecule has 6 nitrogen and oxygen atoms in total. The molecule has 1 aromatic heterocycles. The monoisotopic (exact) mass is 544 g/mol. The lowest BCUT2D eigenvalue weighted by Gasteiger charge is -2.24. The summed E-state index contributed by atoms with van der Waals surface area (Å²) >= 11 is 0. The number of allylic oxidation sites excluding steroid dienone is 2. The van der Waals surface area contributed by atoms with E-state index in [0.29, 0.717) is 53.1 Å². The van der Waals surface area contributed by atoms with Gasteiger partial charge in [0.2, 0.25) is 0 Å². The standard InChI is InChI=1S/C33H37FN2O4/c1-5-39-30(37)18-26(21-11-12-21)22-8-6-9-25(16-22)40-20-23-19-35-31(27-17-24(38-4)13-14-29(27)34)32(36-23)28-10-7-15-33(28,2)3/h6,8-10,13-14,16-17,19,21,26H,5,7,11-12,15,18,20H2,1-4H3. The Balaban J connectivity index is 1.41. The maximum Gasteiger partial charge on any atom is 0.306 e. The van der Waals surface area contributed by atoms with Crippen LogP contribution in [-0.2, 0) is 16.1 Å². The van der Waals surface area contributed by atoms with Gasteiger partial charge in [0.25, 0.3) is 0 Å². The van der Waals surface area contributed by atoms with Crippen LogP contribution in [0.15, 0.2) is 54.7 Å². The van der Waals surface area contributed by atoms with Crippen LogP contribution in [0.2, 0.25) is 0 Å². The molecule has 0 radical (unpaired) electrons. The van der Waals surface area contributed by atoms with Crippen molar-refractivity contribution < 1.29 is 23.4 Å². The molecule has 0 amide bonds. The van der Waals surface area contributed by atoms with E-state index in [1.165, 1.54) is 6.07 Å². The van der Waals surface area contributed by atoms with Crippen LogP contribution in [0.4, 0.5) is 4.39 Å². The summed E-state index contributed by atoms with van der Waals surface area (Å²) in [6, 6.07) is 12.6. The molecule has 0 N–H and O–H groups in total. The average Bonchev–Trinajstić information content (AvgIpc) is 3.73. The van der Waals surface area contributed by atoms with Gasteiger partial charge in [-0.05, 0) is 91.3 Å². The number of aromatic nitrogens is 2. The van der Waals surface area contributed by atoms with Crippen LogP contribution in [0.1, 0.15) is 75.7 Å². The number of carbonyl (C=O) groups excluding carboxylic acids is 1. The van der Waals surface area contributed by atoms with E-state index < -0.39 is 0 Å². The summed E-state index contributed by atoms with van der Waals surface area (Å²) in [4.78, 5) is 21.9. The third kappa shape index (κ3) is 6.19. The number of hydrogen-bond acceptors (Lipinski definition) is 6. The Bertz CT molecular complexity index is 1410. The van der Waals surface area contributed by atoms with E-state index >= 15 is 4.39 Å². The SMILES string of the molecule is CCOC(=O)CC(c1cccc(OCc2cnc(-c3cc(OC)ccc3F)c(C3=CCCC3(C)C)n2)c1)C1CC1. The van der Waals surface area contributed by atoms with Crippen molar-refractivity contribution in [2.24, 2.45) is 11.3 Å². The highest BCUT2D eigenvalue weighted by atomic mass is 19.1. The van der Waals surface area contributed by atoms with Gasteiger partial charge in [0.15, 0.2) is 0 Å².